The lowest BCUT2D eigenvalue weighted by Gasteiger charge is -2.20. The van der Waals surface area contributed by atoms with Crippen LogP contribution in [0.25, 0.3) is 17.1 Å². The van der Waals surface area contributed by atoms with Crippen LogP contribution in [0.2, 0.25) is 0 Å². The van der Waals surface area contributed by atoms with Gasteiger partial charge in [-0.05, 0) is 35.2 Å². The van der Waals surface area contributed by atoms with Crippen LogP contribution >= 0.6 is 0 Å². The number of phenolic OH excluding ortho intramolecular Hbond substituents is 2. The van der Waals surface area contributed by atoms with E-state index in [0.717, 1.165) is 11.3 Å². The van der Waals surface area contributed by atoms with Crippen molar-refractivity contribution < 1.29 is 10.2 Å². The third kappa shape index (κ3) is 2.90. The lowest BCUT2D eigenvalue weighted by atomic mass is 9.86. The van der Waals surface area contributed by atoms with Crippen molar-refractivity contribution in [1.82, 2.24) is 14.8 Å². The topological polar surface area (TPSA) is 71.2 Å². The Hall–Kier alpha value is -2.82. The van der Waals surface area contributed by atoms with Crippen LogP contribution in [0, 0.1) is 0 Å². The van der Waals surface area contributed by atoms with Crippen LogP contribution in [0.1, 0.15) is 26.3 Å². The van der Waals surface area contributed by atoms with Gasteiger partial charge >= 0.3 is 0 Å². The maximum absolute atomic E-state index is 10.3. The van der Waals surface area contributed by atoms with Gasteiger partial charge in [0.2, 0.25) is 0 Å². The second-order valence-electron chi connectivity index (χ2n) is 6.53. The van der Waals surface area contributed by atoms with E-state index in [-0.39, 0.29) is 16.9 Å². The fourth-order valence-electron chi connectivity index (χ4n) is 2.43. The summed E-state index contributed by atoms with van der Waals surface area (Å²) in [6, 6.07) is 12.3. The fraction of sp³-hybridized carbons (Fsp3) is 0.222. The van der Waals surface area contributed by atoms with E-state index in [0.29, 0.717) is 11.4 Å². The van der Waals surface area contributed by atoms with Crippen molar-refractivity contribution in [2.45, 2.75) is 26.2 Å². The molecule has 0 unspecified atom stereocenters. The highest BCUT2D eigenvalue weighted by molar-refractivity contribution is 5.67. The molecule has 1 aromatic heterocycles. The molecule has 23 heavy (non-hydrogen) atoms. The fourth-order valence-corrected chi connectivity index (χ4v) is 2.43. The first kappa shape index (κ1) is 15.1. The van der Waals surface area contributed by atoms with Gasteiger partial charge in [-0.15, -0.1) is 10.2 Å². The number of aromatic nitrogens is 3. The van der Waals surface area contributed by atoms with Gasteiger partial charge in [-0.2, -0.15) is 0 Å². The van der Waals surface area contributed by atoms with E-state index >= 15 is 0 Å². The highest BCUT2D eigenvalue weighted by Crippen LogP contribution is 2.34. The number of benzene rings is 2. The van der Waals surface area contributed by atoms with E-state index in [2.05, 4.69) is 31.0 Å². The number of rotatable bonds is 2. The lowest BCUT2D eigenvalue weighted by molar-refractivity contribution is 0.475. The molecule has 0 aliphatic heterocycles. The molecule has 0 radical (unpaired) electrons. The molecule has 2 N–H and O–H groups in total. The standard InChI is InChI=1S/C18H19N3O2/c1-18(2,3)12-7-8-16(23)15(9-12)17-20-19-11-21(17)13-5-4-6-14(22)10-13/h4-11,22-23H,1-3H3. The van der Waals surface area contributed by atoms with Crippen LogP contribution in [0.3, 0.4) is 0 Å². The Morgan fingerprint density at radius 1 is 1.00 bits per heavy atom. The van der Waals surface area contributed by atoms with Crippen molar-refractivity contribution in [3.05, 3.63) is 54.4 Å². The second kappa shape index (κ2) is 5.43. The second-order valence-corrected chi connectivity index (χ2v) is 6.53. The van der Waals surface area contributed by atoms with Crippen molar-refractivity contribution in [3.63, 3.8) is 0 Å². The molecule has 3 aromatic rings. The predicted molar refractivity (Wildman–Crippen MR) is 88.8 cm³/mol. The van der Waals surface area contributed by atoms with Gasteiger partial charge in [0.15, 0.2) is 5.82 Å². The van der Waals surface area contributed by atoms with Gasteiger partial charge in [-0.25, -0.2) is 0 Å². The van der Waals surface area contributed by atoms with E-state index in [4.69, 9.17) is 0 Å². The summed E-state index contributed by atoms with van der Waals surface area (Å²) in [4.78, 5) is 0. The minimum absolute atomic E-state index is 0.0433. The van der Waals surface area contributed by atoms with Crippen molar-refractivity contribution in [2.75, 3.05) is 0 Å². The zero-order valence-corrected chi connectivity index (χ0v) is 13.4. The minimum Gasteiger partial charge on any atom is -0.508 e. The Balaban J connectivity index is 2.16. The summed E-state index contributed by atoms with van der Waals surface area (Å²) in [6.07, 6.45) is 1.56. The molecule has 118 valence electrons. The van der Waals surface area contributed by atoms with Gasteiger partial charge in [0, 0.05) is 6.07 Å². The molecule has 0 amide bonds. The van der Waals surface area contributed by atoms with Crippen molar-refractivity contribution in [1.29, 1.82) is 0 Å². The van der Waals surface area contributed by atoms with Crippen LogP contribution in [0.4, 0.5) is 0 Å². The summed E-state index contributed by atoms with van der Waals surface area (Å²) in [5, 5.41) is 28.0. The smallest absolute Gasteiger partial charge is 0.172 e. The third-order valence-corrected chi connectivity index (χ3v) is 3.76. The summed E-state index contributed by atoms with van der Waals surface area (Å²) < 4.78 is 1.74. The number of hydrogen-bond acceptors (Lipinski definition) is 4. The molecule has 0 spiro atoms. The van der Waals surface area contributed by atoms with Crippen LogP contribution in [0.5, 0.6) is 11.5 Å². The summed E-state index contributed by atoms with van der Waals surface area (Å²) in [6.45, 7) is 6.34. The van der Waals surface area contributed by atoms with Crippen molar-refractivity contribution >= 4 is 0 Å². The Kier molecular flexibility index (Phi) is 3.56. The molecule has 1 heterocycles. The van der Waals surface area contributed by atoms with Crippen molar-refractivity contribution in [2.24, 2.45) is 0 Å². The number of aromatic hydroxyl groups is 2. The maximum atomic E-state index is 10.3. The first-order chi connectivity index (χ1) is 10.9. The monoisotopic (exact) mass is 309 g/mol. The number of nitrogens with zero attached hydrogens (tertiary/aromatic N) is 3. The molecule has 0 atom stereocenters. The summed E-state index contributed by atoms with van der Waals surface area (Å²) >= 11 is 0. The maximum Gasteiger partial charge on any atom is 0.172 e. The normalized spacial score (nSPS) is 11.6. The highest BCUT2D eigenvalue weighted by atomic mass is 16.3. The molecule has 0 saturated carbocycles. The SMILES string of the molecule is CC(C)(C)c1ccc(O)c(-c2nncn2-c2cccc(O)c2)c1. The van der Waals surface area contributed by atoms with E-state index in [9.17, 15) is 10.2 Å². The van der Waals surface area contributed by atoms with E-state index in [1.54, 1.807) is 35.2 Å². The largest absolute Gasteiger partial charge is 0.508 e. The third-order valence-electron chi connectivity index (χ3n) is 3.76. The number of phenols is 2. The lowest BCUT2D eigenvalue weighted by Crippen LogP contribution is -2.11. The van der Waals surface area contributed by atoms with Crippen molar-refractivity contribution in [3.8, 4) is 28.6 Å². The Morgan fingerprint density at radius 2 is 1.78 bits per heavy atom. The molecule has 0 fully saturated rings. The summed E-state index contributed by atoms with van der Waals surface area (Å²) in [5.74, 6) is 0.835. The molecular weight excluding hydrogens is 290 g/mol. The van der Waals surface area contributed by atoms with Gasteiger partial charge in [-0.3, -0.25) is 4.57 Å². The van der Waals surface area contributed by atoms with E-state index in [1.165, 1.54) is 0 Å². The highest BCUT2D eigenvalue weighted by Gasteiger charge is 2.19. The Morgan fingerprint density at radius 3 is 2.48 bits per heavy atom. The molecular formula is C18H19N3O2. The quantitative estimate of drug-likeness (QED) is 0.758. The predicted octanol–water partition coefficient (Wildman–Crippen LogP) is 3.64. The van der Waals surface area contributed by atoms with E-state index in [1.807, 2.05) is 18.2 Å². The average molecular weight is 309 g/mol. The minimum atomic E-state index is -0.0433. The molecule has 3 rings (SSSR count). The van der Waals surface area contributed by atoms with Gasteiger partial charge < -0.3 is 10.2 Å². The Labute approximate surface area is 134 Å². The van der Waals surface area contributed by atoms with Crippen LogP contribution < -0.4 is 0 Å². The average Bonchev–Trinajstić information content (AvgIpc) is 2.95. The first-order valence-corrected chi connectivity index (χ1v) is 7.39. The Bertz CT molecular complexity index is 847. The zero-order valence-electron chi connectivity index (χ0n) is 13.4. The summed E-state index contributed by atoms with van der Waals surface area (Å²) in [7, 11) is 0. The number of hydrogen-bond donors (Lipinski definition) is 2. The first-order valence-electron chi connectivity index (χ1n) is 7.39. The molecule has 0 bridgehead atoms. The van der Waals surface area contributed by atoms with Crippen LogP contribution in [-0.2, 0) is 5.41 Å². The van der Waals surface area contributed by atoms with Gasteiger partial charge in [-0.1, -0.05) is 32.9 Å². The molecule has 0 aliphatic rings. The van der Waals surface area contributed by atoms with Gasteiger partial charge in [0.1, 0.15) is 17.8 Å². The van der Waals surface area contributed by atoms with Gasteiger partial charge in [0.05, 0.1) is 11.3 Å². The van der Waals surface area contributed by atoms with E-state index < -0.39 is 0 Å². The molecule has 5 nitrogen and oxygen atoms in total. The molecule has 0 saturated heterocycles. The van der Waals surface area contributed by atoms with Gasteiger partial charge in [0.25, 0.3) is 0 Å². The van der Waals surface area contributed by atoms with Crippen LogP contribution in [-0.4, -0.2) is 25.0 Å². The molecule has 5 heteroatoms. The summed E-state index contributed by atoms with van der Waals surface area (Å²) in [5.41, 5.74) is 2.39. The van der Waals surface area contributed by atoms with Crippen LogP contribution in [0.15, 0.2) is 48.8 Å². The zero-order chi connectivity index (χ0) is 16.6. The molecule has 2 aromatic carbocycles. The molecule has 0 aliphatic carbocycles.